The van der Waals surface area contributed by atoms with Crippen molar-refractivity contribution in [2.45, 2.75) is 55.4 Å². The normalized spacial score (nSPS) is 27.5. The van der Waals surface area contributed by atoms with Crippen LogP contribution in [0.1, 0.15) is 25.7 Å². The van der Waals surface area contributed by atoms with E-state index in [-0.39, 0.29) is 23.5 Å². The second-order valence-corrected chi connectivity index (χ2v) is 9.15. The molecule has 29 heavy (non-hydrogen) atoms. The lowest BCUT2D eigenvalue weighted by atomic mass is 10.0. The summed E-state index contributed by atoms with van der Waals surface area (Å²) in [7, 11) is -3.21. The van der Waals surface area contributed by atoms with Crippen LogP contribution in [-0.2, 0) is 19.6 Å². The highest BCUT2D eigenvalue weighted by atomic mass is 32.2. The van der Waals surface area contributed by atoms with Crippen molar-refractivity contribution in [3.63, 3.8) is 0 Å². The van der Waals surface area contributed by atoms with Gasteiger partial charge in [0.1, 0.15) is 12.2 Å². The largest absolute Gasteiger partial charge is 0.490 e. The van der Waals surface area contributed by atoms with Gasteiger partial charge in [0.2, 0.25) is 15.9 Å². The van der Waals surface area contributed by atoms with Gasteiger partial charge in [-0.05, 0) is 31.7 Å². The van der Waals surface area contributed by atoms with E-state index in [1.54, 1.807) is 16.6 Å². The molecule has 0 spiro atoms. The molecule has 1 N–H and O–H groups in total. The number of carboxylic acids is 1. The Morgan fingerprint density at radius 2 is 1.97 bits per heavy atom. The van der Waals surface area contributed by atoms with Crippen LogP contribution in [0.4, 0.5) is 13.2 Å². The summed E-state index contributed by atoms with van der Waals surface area (Å²) >= 11 is 0. The van der Waals surface area contributed by atoms with Crippen LogP contribution in [0, 0.1) is 0 Å². The Bertz CT molecular complexity index is 816. The molecule has 1 saturated carbocycles. The zero-order chi connectivity index (χ0) is 21.2. The molecule has 3 heterocycles. The number of carboxylic acid groups (broad SMARTS) is 1. The maximum absolute atomic E-state index is 12.6. The number of sulfonamides is 1. The SMILES string of the molecule is O=C(O)C(F)(F)F.O=S(=O)(C1CC1)N1C[C@H](Oc2ccccn2)[C@H]2OCCC[C@H]21. The number of alkyl halides is 3. The number of hydrogen-bond acceptors (Lipinski definition) is 6. The van der Waals surface area contributed by atoms with Crippen LogP contribution in [0.3, 0.4) is 0 Å². The standard InChI is InChI=1S/C15H20N2O4S.C2HF3O2/c18-22(19,11-6-7-11)17-10-13(15-12(17)4-3-9-20-15)21-14-5-1-2-8-16-14;3-2(4,5)1(6)7/h1-2,5,8,11-13,15H,3-4,6-7,9-10H2;(H,6,7)/t12-,13+,15+;/m1./s1. The molecule has 3 fully saturated rings. The van der Waals surface area contributed by atoms with E-state index < -0.39 is 22.2 Å². The second kappa shape index (κ2) is 8.44. The molecule has 0 bridgehead atoms. The summed E-state index contributed by atoms with van der Waals surface area (Å²) in [6, 6.07) is 5.38. The molecular weight excluding hydrogens is 417 g/mol. The van der Waals surface area contributed by atoms with Crippen molar-refractivity contribution in [3.8, 4) is 5.88 Å². The maximum Gasteiger partial charge on any atom is 0.490 e. The first-order valence-corrected chi connectivity index (χ1v) is 10.6. The molecule has 2 aliphatic heterocycles. The average molecular weight is 438 g/mol. The highest BCUT2D eigenvalue weighted by Gasteiger charge is 2.53. The number of fused-ring (bicyclic) bond motifs is 1. The van der Waals surface area contributed by atoms with E-state index in [9.17, 15) is 21.6 Å². The Labute approximate surface area is 165 Å². The second-order valence-electron chi connectivity index (χ2n) is 6.99. The minimum atomic E-state index is -5.08. The molecule has 12 heteroatoms. The fourth-order valence-corrected chi connectivity index (χ4v) is 5.47. The molecule has 0 aromatic carbocycles. The van der Waals surface area contributed by atoms with Crippen LogP contribution in [0.25, 0.3) is 0 Å². The molecule has 0 radical (unpaired) electrons. The van der Waals surface area contributed by atoms with Crippen molar-refractivity contribution in [3.05, 3.63) is 24.4 Å². The van der Waals surface area contributed by atoms with Gasteiger partial charge in [0.25, 0.3) is 0 Å². The van der Waals surface area contributed by atoms with Gasteiger partial charge in [-0.1, -0.05) is 6.07 Å². The van der Waals surface area contributed by atoms with Crippen LogP contribution >= 0.6 is 0 Å². The number of aromatic nitrogens is 1. The number of aliphatic carboxylic acids is 1. The molecule has 162 valence electrons. The molecule has 3 aliphatic rings. The lowest BCUT2D eigenvalue weighted by Crippen LogP contribution is -2.45. The van der Waals surface area contributed by atoms with Crippen LogP contribution in [0.2, 0.25) is 0 Å². The van der Waals surface area contributed by atoms with Gasteiger partial charge in [-0.15, -0.1) is 0 Å². The molecule has 3 atom stereocenters. The van der Waals surface area contributed by atoms with E-state index in [0.717, 1.165) is 25.7 Å². The number of hydrogen-bond donors (Lipinski definition) is 1. The van der Waals surface area contributed by atoms with Crippen LogP contribution in [0.5, 0.6) is 5.88 Å². The summed E-state index contributed by atoms with van der Waals surface area (Å²) in [5, 5.41) is 6.93. The summed E-state index contributed by atoms with van der Waals surface area (Å²) in [6.45, 7) is 1.03. The summed E-state index contributed by atoms with van der Waals surface area (Å²) in [6.07, 6.45) is -0.584. The fourth-order valence-electron chi connectivity index (χ4n) is 3.39. The smallest absolute Gasteiger partial charge is 0.475 e. The quantitative estimate of drug-likeness (QED) is 0.764. The van der Waals surface area contributed by atoms with E-state index in [0.29, 0.717) is 19.0 Å². The van der Waals surface area contributed by atoms with Crippen molar-refractivity contribution in [2.75, 3.05) is 13.2 Å². The van der Waals surface area contributed by atoms with Crippen molar-refractivity contribution in [1.82, 2.24) is 9.29 Å². The molecule has 0 amide bonds. The van der Waals surface area contributed by atoms with E-state index in [2.05, 4.69) is 4.98 Å². The first-order valence-electron chi connectivity index (χ1n) is 9.11. The van der Waals surface area contributed by atoms with E-state index >= 15 is 0 Å². The number of carbonyl (C=O) groups is 1. The van der Waals surface area contributed by atoms with Gasteiger partial charge in [-0.3, -0.25) is 0 Å². The Morgan fingerprint density at radius 3 is 2.52 bits per heavy atom. The zero-order valence-corrected chi connectivity index (χ0v) is 16.1. The molecule has 1 aromatic heterocycles. The van der Waals surface area contributed by atoms with Gasteiger partial charge >= 0.3 is 12.1 Å². The molecular formula is C17H21F3N2O6S. The summed E-state index contributed by atoms with van der Waals surface area (Å²) in [5.74, 6) is -2.24. The topological polar surface area (TPSA) is 106 Å². The number of ether oxygens (including phenoxy) is 2. The van der Waals surface area contributed by atoms with Crippen LogP contribution in [-0.4, -0.2) is 71.6 Å². The number of halogens is 3. The van der Waals surface area contributed by atoms with Gasteiger partial charge in [0.15, 0.2) is 0 Å². The van der Waals surface area contributed by atoms with E-state index in [1.807, 2.05) is 12.1 Å². The first kappa shape index (κ1) is 21.8. The summed E-state index contributed by atoms with van der Waals surface area (Å²) in [5.41, 5.74) is 0. The van der Waals surface area contributed by atoms with Crippen molar-refractivity contribution < 1.29 is 41.0 Å². The molecule has 0 unspecified atom stereocenters. The van der Waals surface area contributed by atoms with Crippen molar-refractivity contribution >= 4 is 16.0 Å². The zero-order valence-electron chi connectivity index (χ0n) is 15.3. The number of nitrogens with zero attached hydrogens (tertiary/aromatic N) is 2. The Kier molecular flexibility index (Phi) is 6.34. The van der Waals surface area contributed by atoms with Gasteiger partial charge in [0.05, 0.1) is 17.8 Å². The Balaban J connectivity index is 0.000000298. The molecule has 1 aromatic rings. The highest BCUT2D eigenvalue weighted by molar-refractivity contribution is 7.90. The Hall–Kier alpha value is -1.92. The number of rotatable bonds is 4. The average Bonchev–Trinajstić information content (AvgIpc) is 3.46. The van der Waals surface area contributed by atoms with Crippen molar-refractivity contribution in [1.29, 1.82) is 0 Å². The highest BCUT2D eigenvalue weighted by Crippen LogP contribution is 2.39. The van der Waals surface area contributed by atoms with E-state index in [1.165, 1.54) is 0 Å². The molecule has 1 aliphatic carbocycles. The third-order valence-electron chi connectivity index (χ3n) is 4.85. The van der Waals surface area contributed by atoms with Gasteiger partial charge in [-0.2, -0.15) is 17.5 Å². The third-order valence-corrected chi connectivity index (χ3v) is 7.24. The summed E-state index contributed by atoms with van der Waals surface area (Å²) < 4.78 is 70.5. The predicted octanol–water partition coefficient (Wildman–Crippen LogP) is 1.82. The van der Waals surface area contributed by atoms with E-state index in [4.69, 9.17) is 19.4 Å². The van der Waals surface area contributed by atoms with Crippen LogP contribution < -0.4 is 4.74 Å². The van der Waals surface area contributed by atoms with Gasteiger partial charge in [-0.25, -0.2) is 18.2 Å². The first-order chi connectivity index (χ1) is 13.6. The lowest BCUT2D eigenvalue weighted by molar-refractivity contribution is -0.192. The van der Waals surface area contributed by atoms with Gasteiger partial charge < -0.3 is 14.6 Å². The van der Waals surface area contributed by atoms with Crippen LogP contribution in [0.15, 0.2) is 24.4 Å². The third kappa shape index (κ3) is 5.17. The molecule has 8 nitrogen and oxygen atoms in total. The number of pyridine rings is 1. The molecule has 4 rings (SSSR count). The van der Waals surface area contributed by atoms with Crippen molar-refractivity contribution in [2.24, 2.45) is 0 Å². The minimum Gasteiger partial charge on any atom is -0.475 e. The van der Waals surface area contributed by atoms with Gasteiger partial charge in [0, 0.05) is 18.9 Å². The molecule has 2 saturated heterocycles. The maximum atomic E-state index is 12.6. The predicted molar refractivity (Wildman–Crippen MR) is 93.8 cm³/mol. The minimum absolute atomic E-state index is 0.0898. The summed E-state index contributed by atoms with van der Waals surface area (Å²) in [4.78, 5) is 13.1. The monoisotopic (exact) mass is 438 g/mol. The Morgan fingerprint density at radius 1 is 1.28 bits per heavy atom. The lowest BCUT2D eigenvalue weighted by Gasteiger charge is -2.31. The fraction of sp³-hybridized carbons (Fsp3) is 0.647.